The molecule has 0 aliphatic carbocycles. The number of nitrogens with zero attached hydrogens (tertiary/aromatic N) is 5. The second-order valence-electron chi connectivity index (χ2n) is 3.65. The molecular formula is C11H10N6OS. The first-order chi connectivity index (χ1) is 9.22. The quantitative estimate of drug-likeness (QED) is 0.295. The van der Waals surface area contributed by atoms with Gasteiger partial charge in [0.25, 0.3) is 5.91 Å². The third-order valence-corrected chi connectivity index (χ3v) is 2.75. The first-order valence-electron chi connectivity index (χ1n) is 5.49. The fraction of sp³-hybridized carbons (Fsp3) is 0.182. The first-order valence-corrected chi connectivity index (χ1v) is 5.89. The highest BCUT2D eigenvalue weighted by Gasteiger charge is 2.29. The average molecular weight is 274 g/mol. The van der Waals surface area contributed by atoms with E-state index in [1.165, 1.54) is 4.90 Å². The standard InChI is InChI=1S/C11H10N6OS/c12-16-14-5-6-17-10(18)9(15-11(17)19)7-8-3-1-2-4-13-8/h1-4,7H,5-6H2,(H,15,19)/b9-7-. The molecule has 0 saturated carbocycles. The molecule has 1 aliphatic rings. The van der Waals surface area contributed by atoms with Gasteiger partial charge in [0.05, 0.1) is 5.69 Å². The third kappa shape index (κ3) is 3.06. The first kappa shape index (κ1) is 13.0. The Balaban J connectivity index is 2.13. The Hall–Kier alpha value is -2.44. The van der Waals surface area contributed by atoms with E-state index in [9.17, 15) is 4.79 Å². The smallest absolute Gasteiger partial charge is 0.276 e. The van der Waals surface area contributed by atoms with Crippen LogP contribution in [0.25, 0.3) is 16.5 Å². The van der Waals surface area contributed by atoms with Gasteiger partial charge in [-0.05, 0) is 36.0 Å². The Labute approximate surface area is 114 Å². The lowest BCUT2D eigenvalue weighted by molar-refractivity contribution is -0.122. The van der Waals surface area contributed by atoms with E-state index in [-0.39, 0.29) is 19.0 Å². The number of carbonyl (C=O) groups is 1. The molecule has 1 saturated heterocycles. The number of pyridine rings is 1. The molecular weight excluding hydrogens is 264 g/mol. The topological polar surface area (TPSA) is 94.0 Å². The van der Waals surface area contributed by atoms with Gasteiger partial charge in [-0.3, -0.25) is 14.7 Å². The number of nitrogens with one attached hydrogen (secondary N) is 1. The number of carbonyl (C=O) groups excluding carboxylic acids is 1. The summed E-state index contributed by atoms with van der Waals surface area (Å²) in [7, 11) is 0. The molecule has 0 bridgehead atoms. The molecule has 0 atom stereocenters. The van der Waals surface area contributed by atoms with Gasteiger partial charge in [0.15, 0.2) is 5.11 Å². The monoisotopic (exact) mass is 274 g/mol. The number of hydrogen-bond donors (Lipinski definition) is 1. The van der Waals surface area contributed by atoms with E-state index >= 15 is 0 Å². The minimum atomic E-state index is -0.246. The molecule has 8 heteroatoms. The van der Waals surface area contributed by atoms with Gasteiger partial charge in [-0.15, -0.1) is 0 Å². The SMILES string of the molecule is [N-]=[N+]=NCCN1C(=O)/C(=C/c2ccccn2)NC1=S. The molecule has 2 heterocycles. The van der Waals surface area contributed by atoms with Crippen LogP contribution in [-0.4, -0.2) is 34.0 Å². The molecule has 0 unspecified atom stereocenters. The summed E-state index contributed by atoms with van der Waals surface area (Å²) in [6.45, 7) is 0.440. The third-order valence-electron chi connectivity index (χ3n) is 2.43. The maximum absolute atomic E-state index is 12.1. The van der Waals surface area contributed by atoms with E-state index in [2.05, 4.69) is 20.3 Å². The van der Waals surface area contributed by atoms with Gasteiger partial charge in [0, 0.05) is 24.2 Å². The van der Waals surface area contributed by atoms with E-state index in [0.717, 1.165) is 0 Å². The van der Waals surface area contributed by atoms with Crippen LogP contribution in [0.15, 0.2) is 35.2 Å². The Morgan fingerprint density at radius 1 is 1.58 bits per heavy atom. The largest absolute Gasteiger partial charge is 0.328 e. The fourth-order valence-electron chi connectivity index (χ4n) is 1.57. The number of aromatic nitrogens is 1. The fourth-order valence-corrected chi connectivity index (χ4v) is 1.86. The van der Waals surface area contributed by atoms with Gasteiger partial charge in [0.1, 0.15) is 5.70 Å². The van der Waals surface area contributed by atoms with Crippen molar-refractivity contribution in [2.24, 2.45) is 5.11 Å². The van der Waals surface area contributed by atoms with Gasteiger partial charge in [-0.1, -0.05) is 11.2 Å². The number of thiocarbonyl (C=S) groups is 1. The van der Waals surface area contributed by atoms with Crippen molar-refractivity contribution in [3.8, 4) is 0 Å². The summed E-state index contributed by atoms with van der Waals surface area (Å²) in [5.41, 5.74) is 9.24. The molecule has 1 N–H and O–H groups in total. The summed E-state index contributed by atoms with van der Waals surface area (Å²) in [6, 6.07) is 5.41. The number of amides is 1. The van der Waals surface area contributed by atoms with Crippen LogP contribution < -0.4 is 5.32 Å². The summed E-state index contributed by atoms with van der Waals surface area (Å²) < 4.78 is 0. The lowest BCUT2D eigenvalue weighted by Crippen LogP contribution is -2.32. The molecule has 1 amide bonds. The molecule has 2 rings (SSSR count). The predicted octanol–water partition coefficient (Wildman–Crippen LogP) is 1.45. The van der Waals surface area contributed by atoms with Crippen LogP contribution in [0.4, 0.5) is 0 Å². The molecule has 0 spiro atoms. The summed E-state index contributed by atoms with van der Waals surface area (Å²) in [5, 5.41) is 6.51. The highest BCUT2D eigenvalue weighted by Crippen LogP contribution is 2.12. The molecule has 1 fully saturated rings. The second kappa shape index (κ2) is 5.94. The molecule has 1 aromatic rings. The van der Waals surface area contributed by atoms with Crippen molar-refractivity contribution in [1.29, 1.82) is 0 Å². The van der Waals surface area contributed by atoms with Crippen LogP contribution in [-0.2, 0) is 4.79 Å². The van der Waals surface area contributed by atoms with Gasteiger partial charge >= 0.3 is 0 Å². The van der Waals surface area contributed by atoms with E-state index in [4.69, 9.17) is 17.7 Å². The Morgan fingerprint density at radius 3 is 3.11 bits per heavy atom. The molecule has 1 aromatic heterocycles. The lowest BCUT2D eigenvalue weighted by atomic mass is 10.3. The van der Waals surface area contributed by atoms with E-state index in [1.54, 1.807) is 24.4 Å². The zero-order valence-corrected chi connectivity index (χ0v) is 10.7. The van der Waals surface area contributed by atoms with Crippen LogP contribution in [0.5, 0.6) is 0 Å². The Morgan fingerprint density at radius 2 is 2.42 bits per heavy atom. The molecule has 0 radical (unpaired) electrons. The van der Waals surface area contributed by atoms with Crippen LogP contribution >= 0.6 is 12.2 Å². The Bertz CT molecular complexity index is 578. The number of azide groups is 1. The van der Waals surface area contributed by atoms with Gasteiger partial charge in [-0.2, -0.15) is 0 Å². The summed E-state index contributed by atoms with van der Waals surface area (Å²) >= 11 is 5.06. The highest BCUT2D eigenvalue weighted by molar-refractivity contribution is 7.80. The minimum absolute atomic E-state index is 0.181. The van der Waals surface area contributed by atoms with E-state index in [1.807, 2.05) is 6.07 Å². The second-order valence-corrected chi connectivity index (χ2v) is 4.04. The van der Waals surface area contributed by atoms with Crippen LogP contribution in [0.2, 0.25) is 0 Å². The van der Waals surface area contributed by atoms with Crippen molar-refractivity contribution >= 4 is 29.3 Å². The normalized spacial score (nSPS) is 16.4. The summed E-state index contributed by atoms with van der Waals surface area (Å²) in [4.78, 5) is 20.2. The van der Waals surface area contributed by atoms with Gasteiger partial charge < -0.3 is 5.32 Å². The van der Waals surface area contributed by atoms with Crippen molar-refractivity contribution in [1.82, 2.24) is 15.2 Å². The van der Waals surface area contributed by atoms with Crippen molar-refractivity contribution in [3.05, 3.63) is 46.2 Å². The Kier molecular flexibility index (Phi) is 4.07. The minimum Gasteiger partial charge on any atom is -0.328 e. The van der Waals surface area contributed by atoms with Crippen LogP contribution in [0.3, 0.4) is 0 Å². The van der Waals surface area contributed by atoms with E-state index < -0.39 is 0 Å². The summed E-state index contributed by atoms with van der Waals surface area (Å²) in [5.74, 6) is -0.246. The van der Waals surface area contributed by atoms with Crippen LogP contribution in [0.1, 0.15) is 5.69 Å². The van der Waals surface area contributed by atoms with Gasteiger partial charge in [0.2, 0.25) is 0 Å². The zero-order chi connectivity index (χ0) is 13.7. The molecule has 0 aromatic carbocycles. The number of hydrogen-bond acceptors (Lipinski definition) is 4. The number of rotatable bonds is 4. The highest BCUT2D eigenvalue weighted by atomic mass is 32.1. The summed E-state index contributed by atoms with van der Waals surface area (Å²) in [6.07, 6.45) is 3.27. The maximum atomic E-state index is 12.1. The molecule has 7 nitrogen and oxygen atoms in total. The predicted molar refractivity (Wildman–Crippen MR) is 73.7 cm³/mol. The maximum Gasteiger partial charge on any atom is 0.276 e. The molecule has 96 valence electrons. The lowest BCUT2D eigenvalue weighted by Gasteiger charge is -2.11. The van der Waals surface area contributed by atoms with Crippen LogP contribution in [0, 0.1) is 0 Å². The van der Waals surface area contributed by atoms with E-state index in [0.29, 0.717) is 16.5 Å². The van der Waals surface area contributed by atoms with Crippen molar-refractivity contribution < 1.29 is 4.79 Å². The molecule has 19 heavy (non-hydrogen) atoms. The van der Waals surface area contributed by atoms with Crippen molar-refractivity contribution in [2.75, 3.05) is 13.1 Å². The van der Waals surface area contributed by atoms with Gasteiger partial charge in [-0.25, -0.2) is 0 Å². The van der Waals surface area contributed by atoms with Crippen molar-refractivity contribution in [3.63, 3.8) is 0 Å². The van der Waals surface area contributed by atoms with Crippen molar-refractivity contribution in [2.45, 2.75) is 0 Å². The average Bonchev–Trinajstić information content (AvgIpc) is 2.68. The zero-order valence-electron chi connectivity index (χ0n) is 9.85. The molecule has 1 aliphatic heterocycles.